The lowest BCUT2D eigenvalue weighted by Gasteiger charge is -2.32. The lowest BCUT2D eigenvalue weighted by atomic mass is 9.89. The molecule has 1 fully saturated rings. The first-order valence-electron chi connectivity index (χ1n) is 11.3. The normalized spacial score (nSPS) is 14.7. The molecular formula is C27H28N2O3. The monoisotopic (exact) mass is 428 g/mol. The summed E-state index contributed by atoms with van der Waals surface area (Å²) in [6, 6.07) is 20.2. The topological polar surface area (TPSA) is 58.5 Å². The van der Waals surface area contributed by atoms with E-state index in [-0.39, 0.29) is 5.91 Å². The molecule has 0 unspecified atom stereocenters. The van der Waals surface area contributed by atoms with Crippen molar-refractivity contribution in [2.45, 2.75) is 31.6 Å². The highest BCUT2D eigenvalue weighted by Gasteiger charge is 2.25. The summed E-state index contributed by atoms with van der Waals surface area (Å²) in [5.41, 5.74) is 3.52. The number of carbonyl (C=O) groups excluding carboxylic acids is 1. The highest BCUT2D eigenvalue weighted by Crippen LogP contribution is 2.35. The molecule has 4 aromatic rings. The Morgan fingerprint density at radius 3 is 2.69 bits per heavy atom. The molecule has 2 aromatic heterocycles. The molecular weight excluding hydrogens is 400 g/mol. The molecule has 1 N–H and O–H groups in total. The Kier molecular flexibility index (Phi) is 5.71. The first-order chi connectivity index (χ1) is 15.7. The van der Waals surface area contributed by atoms with Crippen molar-refractivity contribution in [1.82, 2.24) is 9.88 Å². The summed E-state index contributed by atoms with van der Waals surface area (Å²) in [5.74, 6) is 3.25. The highest BCUT2D eigenvalue weighted by atomic mass is 16.5. The Bertz CT molecular complexity index is 1200. The molecule has 2 aromatic carbocycles. The van der Waals surface area contributed by atoms with Gasteiger partial charge in [0.2, 0.25) is 5.91 Å². The number of fused-ring (bicyclic) bond motifs is 1. The van der Waals surface area contributed by atoms with E-state index < -0.39 is 0 Å². The molecule has 1 aliphatic rings. The van der Waals surface area contributed by atoms with E-state index in [0.29, 0.717) is 18.8 Å². The number of nitrogens with zero attached hydrogens (tertiary/aromatic N) is 1. The third kappa shape index (κ3) is 4.15. The van der Waals surface area contributed by atoms with Crippen LogP contribution in [0.2, 0.25) is 0 Å². The van der Waals surface area contributed by atoms with Gasteiger partial charge in [0, 0.05) is 48.6 Å². The summed E-state index contributed by atoms with van der Waals surface area (Å²) in [4.78, 5) is 18.2. The number of hydrogen-bond acceptors (Lipinski definition) is 3. The molecule has 0 bridgehead atoms. The van der Waals surface area contributed by atoms with E-state index in [0.717, 1.165) is 54.3 Å². The Morgan fingerprint density at radius 1 is 1.09 bits per heavy atom. The van der Waals surface area contributed by atoms with Crippen LogP contribution in [0, 0.1) is 0 Å². The van der Waals surface area contributed by atoms with Crippen LogP contribution >= 0.6 is 0 Å². The molecule has 5 rings (SSSR count). The van der Waals surface area contributed by atoms with Gasteiger partial charge in [0.1, 0.15) is 17.3 Å². The summed E-state index contributed by atoms with van der Waals surface area (Å²) in [7, 11) is 1.70. The SMILES string of the molecule is COc1ccc2[nH]cc(C3CCN(C(=O)CCc4ccc(-c5ccccc5)o4)CC3)c2c1. The number of hydrogen-bond donors (Lipinski definition) is 1. The number of carbonyl (C=O) groups is 1. The minimum atomic E-state index is 0.210. The maximum absolute atomic E-state index is 12.8. The van der Waals surface area contributed by atoms with Gasteiger partial charge in [-0.1, -0.05) is 30.3 Å². The number of amides is 1. The predicted octanol–water partition coefficient (Wildman–Crippen LogP) is 5.78. The number of nitrogens with one attached hydrogen (secondary N) is 1. The van der Waals surface area contributed by atoms with Gasteiger partial charge < -0.3 is 19.0 Å². The zero-order chi connectivity index (χ0) is 21.9. The van der Waals surface area contributed by atoms with Crippen LogP contribution in [-0.4, -0.2) is 36.0 Å². The molecule has 5 heteroatoms. The van der Waals surface area contributed by atoms with Gasteiger partial charge >= 0.3 is 0 Å². The standard InChI is InChI=1S/C27H28N2O3/c1-31-22-7-10-25-23(17-22)24(18-28-25)19-13-15-29(16-14-19)27(30)12-9-21-8-11-26(32-21)20-5-3-2-4-6-20/h2-8,10-11,17-19,28H,9,12-16H2,1H3. The number of rotatable bonds is 6. The summed E-state index contributed by atoms with van der Waals surface area (Å²) < 4.78 is 11.3. The number of H-pyrrole nitrogens is 1. The van der Waals surface area contributed by atoms with Crippen molar-refractivity contribution in [1.29, 1.82) is 0 Å². The Balaban J connectivity index is 1.16. The van der Waals surface area contributed by atoms with Gasteiger partial charge in [0.25, 0.3) is 0 Å². The molecule has 0 spiro atoms. The van der Waals surface area contributed by atoms with E-state index >= 15 is 0 Å². The Hall–Kier alpha value is -3.47. The van der Waals surface area contributed by atoms with Gasteiger partial charge in [-0.25, -0.2) is 0 Å². The van der Waals surface area contributed by atoms with E-state index in [4.69, 9.17) is 9.15 Å². The summed E-state index contributed by atoms with van der Waals surface area (Å²) in [5, 5.41) is 1.22. The van der Waals surface area contributed by atoms with Gasteiger partial charge in [0.15, 0.2) is 0 Å². The first-order valence-corrected chi connectivity index (χ1v) is 11.3. The third-order valence-electron chi connectivity index (χ3n) is 6.51. The summed E-state index contributed by atoms with van der Waals surface area (Å²) in [6.45, 7) is 1.60. The average Bonchev–Trinajstić information content (AvgIpc) is 3.50. The molecule has 5 nitrogen and oxygen atoms in total. The molecule has 1 aliphatic heterocycles. The van der Waals surface area contributed by atoms with Crippen LogP contribution in [0.1, 0.15) is 36.5 Å². The van der Waals surface area contributed by atoms with Crippen molar-refractivity contribution in [2.24, 2.45) is 0 Å². The Morgan fingerprint density at radius 2 is 1.91 bits per heavy atom. The predicted molar refractivity (Wildman–Crippen MR) is 126 cm³/mol. The summed E-state index contributed by atoms with van der Waals surface area (Å²) in [6.07, 6.45) is 5.20. The largest absolute Gasteiger partial charge is 0.497 e. The summed E-state index contributed by atoms with van der Waals surface area (Å²) >= 11 is 0. The number of furan rings is 1. The molecule has 1 amide bonds. The molecule has 164 valence electrons. The van der Waals surface area contributed by atoms with E-state index in [9.17, 15) is 4.79 Å². The minimum absolute atomic E-state index is 0.210. The van der Waals surface area contributed by atoms with Gasteiger partial charge in [0.05, 0.1) is 7.11 Å². The van der Waals surface area contributed by atoms with Crippen LogP contribution in [0.25, 0.3) is 22.2 Å². The van der Waals surface area contributed by atoms with Crippen LogP contribution in [0.5, 0.6) is 5.75 Å². The van der Waals surface area contributed by atoms with Crippen molar-refractivity contribution in [3.8, 4) is 17.1 Å². The molecule has 0 aliphatic carbocycles. The highest BCUT2D eigenvalue weighted by molar-refractivity contribution is 5.85. The second kappa shape index (κ2) is 8.95. The average molecular weight is 429 g/mol. The van der Waals surface area contributed by atoms with Gasteiger partial charge in [-0.3, -0.25) is 4.79 Å². The zero-order valence-corrected chi connectivity index (χ0v) is 18.3. The third-order valence-corrected chi connectivity index (χ3v) is 6.51. The lowest BCUT2D eigenvalue weighted by molar-refractivity contribution is -0.132. The smallest absolute Gasteiger partial charge is 0.223 e. The number of benzene rings is 2. The first kappa shape index (κ1) is 20.4. The zero-order valence-electron chi connectivity index (χ0n) is 18.3. The van der Waals surface area contributed by atoms with Crippen molar-refractivity contribution in [2.75, 3.05) is 20.2 Å². The molecule has 1 saturated heterocycles. The van der Waals surface area contributed by atoms with E-state index in [1.165, 1.54) is 10.9 Å². The second-order valence-corrected chi connectivity index (χ2v) is 8.44. The minimum Gasteiger partial charge on any atom is -0.497 e. The fourth-order valence-electron chi connectivity index (χ4n) is 4.68. The van der Waals surface area contributed by atoms with Crippen molar-refractivity contribution in [3.05, 3.63) is 78.2 Å². The van der Waals surface area contributed by atoms with Crippen LogP contribution in [0.4, 0.5) is 0 Å². The number of piperidine rings is 1. The van der Waals surface area contributed by atoms with Crippen LogP contribution < -0.4 is 4.74 Å². The van der Waals surface area contributed by atoms with Crippen molar-refractivity contribution in [3.63, 3.8) is 0 Å². The number of aryl methyl sites for hydroxylation is 1. The van der Waals surface area contributed by atoms with Crippen molar-refractivity contribution < 1.29 is 13.9 Å². The van der Waals surface area contributed by atoms with Gasteiger partial charge in [-0.2, -0.15) is 0 Å². The van der Waals surface area contributed by atoms with E-state index in [1.54, 1.807) is 7.11 Å². The van der Waals surface area contributed by atoms with Crippen LogP contribution in [0.15, 0.2) is 71.3 Å². The number of methoxy groups -OCH3 is 1. The lowest BCUT2D eigenvalue weighted by Crippen LogP contribution is -2.38. The molecule has 0 radical (unpaired) electrons. The second-order valence-electron chi connectivity index (χ2n) is 8.44. The molecule has 3 heterocycles. The quantitative estimate of drug-likeness (QED) is 0.424. The number of aromatic nitrogens is 1. The fourth-order valence-corrected chi connectivity index (χ4v) is 4.68. The number of aromatic amines is 1. The van der Waals surface area contributed by atoms with Crippen LogP contribution in [0.3, 0.4) is 0 Å². The molecule has 0 saturated carbocycles. The molecule has 0 atom stereocenters. The number of ether oxygens (including phenoxy) is 1. The Labute approximate surface area is 188 Å². The van der Waals surface area contributed by atoms with Gasteiger partial charge in [-0.15, -0.1) is 0 Å². The van der Waals surface area contributed by atoms with E-state index in [2.05, 4.69) is 23.3 Å². The molecule has 32 heavy (non-hydrogen) atoms. The maximum Gasteiger partial charge on any atom is 0.223 e. The van der Waals surface area contributed by atoms with Crippen molar-refractivity contribution >= 4 is 16.8 Å². The fraction of sp³-hybridized carbons (Fsp3) is 0.296. The maximum atomic E-state index is 12.8. The van der Waals surface area contributed by atoms with Crippen LogP contribution in [-0.2, 0) is 11.2 Å². The van der Waals surface area contributed by atoms with Gasteiger partial charge in [-0.05, 0) is 54.7 Å². The number of likely N-dealkylation sites (tertiary alicyclic amines) is 1. The van der Waals surface area contributed by atoms with E-state index in [1.807, 2.05) is 53.4 Å².